The van der Waals surface area contributed by atoms with Crippen molar-refractivity contribution in [3.8, 4) is 5.75 Å². The lowest BCUT2D eigenvalue weighted by Crippen LogP contribution is -1.78. The van der Waals surface area contributed by atoms with Crippen LogP contribution < -0.4 is 0 Å². The Morgan fingerprint density at radius 3 is 2.70 bits per heavy atom. The molecule has 0 unspecified atom stereocenters. The maximum absolute atomic E-state index is 9.24. The Balaban J connectivity index is 3.14. The molecule has 0 aromatic heterocycles. The summed E-state index contributed by atoms with van der Waals surface area (Å²) in [5.41, 5.74) is 0.813. The van der Waals surface area contributed by atoms with Crippen molar-refractivity contribution in [1.82, 2.24) is 0 Å². The van der Waals surface area contributed by atoms with Crippen LogP contribution in [0.25, 0.3) is 0 Å². The quantitative estimate of drug-likeness (QED) is 0.723. The number of para-hydroxylation sites is 1. The normalized spacial score (nSPS) is 9.80. The van der Waals surface area contributed by atoms with Crippen LogP contribution in [0.4, 0.5) is 0 Å². The summed E-state index contributed by atoms with van der Waals surface area (Å²) in [5, 5.41) is 10.3. The number of alkyl halides is 1. The predicted molar refractivity (Wildman–Crippen MR) is 45.7 cm³/mol. The van der Waals surface area contributed by atoms with Gasteiger partial charge in [0.2, 0.25) is 0 Å². The molecule has 10 heavy (non-hydrogen) atoms. The van der Waals surface area contributed by atoms with E-state index in [1.807, 2.05) is 6.07 Å². The van der Waals surface area contributed by atoms with E-state index in [1.54, 1.807) is 12.1 Å². The van der Waals surface area contributed by atoms with Gasteiger partial charge >= 0.3 is 0 Å². The highest BCUT2D eigenvalue weighted by atomic mass is 79.9. The Labute approximate surface area is 72.8 Å². The first kappa shape index (κ1) is 7.89. The fraction of sp³-hybridized carbons (Fsp3) is 0.143. The zero-order valence-corrected chi connectivity index (χ0v) is 7.48. The molecule has 0 spiro atoms. The fourth-order valence-electron chi connectivity index (χ4n) is 0.668. The first-order valence-electron chi connectivity index (χ1n) is 2.78. The number of hydrogen-bond donors (Lipinski definition) is 1. The van der Waals surface area contributed by atoms with E-state index in [0.29, 0.717) is 10.4 Å². The molecule has 1 aromatic rings. The molecule has 1 rings (SSSR count). The van der Waals surface area contributed by atoms with Crippen LogP contribution in [0.15, 0.2) is 18.2 Å². The summed E-state index contributed by atoms with van der Waals surface area (Å²) in [7, 11) is 0. The zero-order valence-electron chi connectivity index (χ0n) is 5.14. The molecular weight excluding hydrogens is 215 g/mol. The number of phenols is 1. The minimum absolute atomic E-state index is 0.168. The third-order valence-electron chi connectivity index (χ3n) is 1.21. The standard InChI is InChI=1S/C7H6BrClO/c8-4-5-2-1-3-6(9)7(5)10/h1-3,10H,4H2. The summed E-state index contributed by atoms with van der Waals surface area (Å²) in [6.45, 7) is 0. The van der Waals surface area contributed by atoms with Gasteiger partial charge in [-0.05, 0) is 6.07 Å². The van der Waals surface area contributed by atoms with E-state index in [-0.39, 0.29) is 5.75 Å². The van der Waals surface area contributed by atoms with Crippen LogP contribution in [0.3, 0.4) is 0 Å². The van der Waals surface area contributed by atoms with Gasteiger partial charge in [0.05, 0.1) is 5.02 Å². The minimum Gasteiger partial charge on any atom is -0.506 e. The van der Waals surface area contributed by atoms with Gasteiger partial charge in [0.15, 0.2) is 0 Å². The average molecular weight is 221 g/mol. The fourth-order valence-corrected chi connectivity index (χ4v) is 1.31. The highest BCUT2D eigenvalue weighted by Crippen LogP contribution is 2.27. The minimum atomic E-state index is 0.168. The molecule has 0 fully saturated rings. The van der Waals surface area contributed by atoms with E-state index in [2.05, 4.69) is 15.9 Å². The third kappa shape index (κ3) is 1.44. The maximum atomic E-state index is 9.24. The molecule has 1 nitrogen and oxygen atoms in total. The lowest BCUT2D eigenvalue weighted by Gasteiger charge is -2.00. The topological polar surface area (TPSA) is 20.2 Å². The second-order valence-corrected chi connectivity index (χ2v) is 2.85. The van der Waals surface area contributed by atoms with Crippen molar-refractivity contribution in [1.29, 1.82) is 0 Å². The molecule has 0 saturated heterocycles. The molecule has 0 bridgehead atoms. The van der Waals surface area contributed by atoms with Gasteiger partial charge < -0.3 is 5.11 Å². The Bertz CT molecular complexity index is 237. The Morgan fingerprint density at radius 1 is 1.50 bits per heavy atom. The number of benzene rings is 1. The molecule has 3 heteroatoms. The molecule has 0 amide bonds. The molecule has 1 aromatic carbocycles. The lowest BCUT2D eigenvalue weighted by molar-refractivity contribution is 0.471. The summed E-state index contributed by atoms with van der Waals surface area (Å²) in [4.78, 5) is 0. The number of hydrogen-bond acceptors (Lipinski definition) is 1. The van der Waals surface area contributed by atoms with Gasteiger partial charge in [-0.1, -0.05) is 39.7 Å². The van der Waals surface area contributed by atoms with E-state index < -0.39 is 0 Å². The maximum Gasteiger partial charge on any atom is 0.138 e. The van der Waals surface area contributed by atoms with Crippen LogP contribution in [0.1, 0.15) is 5.56 Å². The van der Waals surface area contributed by atoms with E-state index in [9.17, 15) is 5.11 Å². The molecule has 0 aliphatic rings. The summed E-state index contributed by atoms with van der Waals surface area (Å²) < 4.78 is 0. The molecular formula is C7H6BrClO. The van der Waals surface area contributed by atoms with Gasteiger partial charge in [-0.25, -0.2) is 0 Å². The molecule has 0 atom stereocenters. The largest absolute Gasteiger partial charge is 0.506 e. The Morgan fingerprint density at radius 2 is 2.20 bits per heavy atom. The first-order valence-corrected chi connectivity index (χ1v) is 4.28. The molecule has 0 radical (unpaired) electrons. The molecule has 0 heterocycles. The van der Waals surface area contributed by atoms with Crippen LogP contribution in [0.5, 0.6) is 5.75 Å². The molecule has 54 valence electrons. The lowest BCUT2D eigenvalue weighted by atomic mass is 10.2. The van der Waals surface area contributed by atoms with Crippen LogP contribution in [-0.4, -0.2) is 5.11 Å². The van der Waals surface area contributed by atoms with Gasteiger partial charge in [-0.15, -0.1) is 0 Å². The van der Waals surface area contributed by atoms with E-state index >= 15 is 0 Å². The number of phenolic OH excluding ortho intramolecular Hbond substituents is 1. The second kappa shape index (κ2) is 3.26. The van der Waals surface area contributed by atoms with Gasteiger partial charge in [0.25, 0.3) is 0 Å². The Kier molecular flexibility index (Phi) is 2.57. The van der Waals surface area contributed by atoms with Crippen molar-refractivity contribution in [3.05, 3.63) is 28.8 Å². The second-order valence-electron chi connectivity index (χ2n) is 1.88. The third-order valence-corrected chi connectivity index (χ3v) is 2.12. The van der Waals surface area contributed by atoms with Crippen LogP contribution in [-0.2, 0) is 5.33 Å². The van der Waals surface area contributed by atoms with Crippen molar-refractivity contribution in [2.75, 3.05) is 0 Å². The van der Waals surface area contributed by atoms with Gasteiger partial charge in [-0.3, -0.25) is 0 Å². The Hall–Kier alpha value is -0.210. The summed E-state index contributed by atoms with van der Waals surface area (Å²) >= 11 is 8.85. The van der Waals surface area contributed by atoms with Gasteiger partial charge in [0.1, 0.15) is 5.75 Å². The summed E-state index contributed by atoms with van der Waals surface area (Å²) in [6, 6.07) is 5.28. The molecule has 0 aliphatic carbocycles. The van der Waals surface area contributed by atoms with Crippen LogP contribution in [0, 0.1) is 0 Å². The SMILES string of the molecule is Oc1c(Cl)cccc1CBr. The zero-order chi connectivity index (χ0) is 7.56. The van der Waals surface area contributed by atoms with Crippen LogP contribution >= 0.6 is 27.5 Å². The summed E-state index contributed by atoms with van der Waals surface area (Å²) in [6.07, 6.45) is 0. The van der Waals surface area contributed by atoms with Crippen molar-refractivity contribution in [2.45, 2.75) is 5.33 Å². The monoisotopic (exact) mass is 220 g/mol. The van der Waals surface area contributed by atoms with E-state index in [0.717, 1.165) is 5.56 Å². The van der Waals surface area contributed by atoms with Crippen LogP contribution in [0.2, 0.25) is 5.02 Å². The molecule has 0 aliphatic heterocycles. The smallest absolute Gasteiger partial charge is 0.138 e. The first-order chi connectivity index (χ1) is 4.75. The van der Waals surface area contributed by atoms with Gasteiger partial charge in [-0.2, -0.15) is 0 Å². The highest BCUT2D eigenvalue weighted by molar-refractivity contribution is 9.08. The summed E-state index contributed by atoms with van der Waals surface area (Å²) in [5.74, 6) is 0.168. The van der Waals surface area contributed by atoms with Crippen molar-refractivity contribution < 1.29 is 5.11 Å². The van der Waals surface area contributed by atoms with Crippen molar-refractivity contribution in [2.24, 2.45) is 0 Å². The van der Waals surface area contributed by atoms with E-state index in [1.165, 1.54) is 0 Å². The van der Waals surface area contributed by atoms with Gasteiger partial charge in [0, 0.05) is 10.9 Å². The molecule has 0 saturated carbocycles. The molecule has 1 N–H and O–H groups in total. The number of halogens is 2. The average Bonchev–Trinajstić information content (AvgIpc) is 1.95. The van der Waals surface area contributed by atoms with Crippen molar-refractivity contribution >= 4 is 27.5 Å². The predicted octanol–water partition coefficient (Wildman–Crippen LogP) is 2.94. The number of aromatic hydroxyl groups is 1. The highest BCUT2D eigenvalue weighted by Gasteiger charge is 2.01. The van der Waals surface area contributed by atoms with E-state index in [4.69, 9.17) is 11.6 Å². The number of rotatable bonds is 1. The van der Waals surface area contributed by atoms with Crippen molar-refractivity contribution in [3.63, 3.8) is 0 Å².